The van der Waals surface area contributed by atoms with E-state index in [1.165, 1.54) is 51.4 Å². The fourth-order valence-electron chi connectivity index (χ4n) is 3.98. The molecule has 0 aliphatic heterocycles. The summed E-state index contributed by atoms with van der Waals surface area (Å²) in [5.41, 5.74) is 6.72. The van der Waals surface area contributed by atoms with E-state index in [1.54, 1.807) is 0 Å². The van der Waals surface area contributed by atoms with Gasteiger partial charge in [-0.15, -0.1) is 0 Å². The molecule has 0 saturated heterocycles. The Hall–Kier alpha value is -0.120. The van der Waals surface area contributed by atoms with Crippen LogP contribution in [0.4, 0.5) is 0 Å². The maximum Gasteiger partial charge on any atom is 0.0474 e. The molecule has 2 aliphatic carbocycles. The first-order valence-electron chi connectivity index (χ1n) is 8.09. The summed E-state index contributed by atoms with van der Waals surface area (Å²) in [5, 5.41) is 13.4. The summed E-state index contributed by atoms with van der Waals surface area (Å²) in [6.45, 7) is 5.82. The summed E-state index contributed by atoms with van der Waals surface area (Å²) in [4.78, 5) is 0. The van der Waals surface area contributed by atoms with Crippen molar-refractivity contribution in [2.75, 3.05) is 13.2 Å². The predicted octanol–water partition coefficient (Wildman–Crippen LogP) is 2.42. The molecule has 0 bridgehead atoms. The van der Waals surface area contributed by atoms with Crippen molar-refractivity contribution in [1.29, 1.82) is 0 Å². The van der Waals surface area contributed by atoms with E-state index in [0.29, 0.717) is 24.0 Å². The van der Waals surface area contributed by atoms with Crippen LogP contribution in [-0.2, 0) is 0 Å². The number of rotatable bonds is 4. The molecule has 2 aliphatic rings. The molecule has 0 aromatic heterocycles. The van der Waals surface area contributed by atoms with E-state index in [4.69, 9.17) is 5.73 Å². The fourth-order valence-corrected chi connectivity index (χ4v) is 3.98. The Bertz CT molecular complexity index is 292. The lowest BCUT2D eigenvalue weighted by molar-refractivity contribution is 0.169. The molecule has 0 aromatic rings. The SMILES string of the molecule is CC1(C)CCCC(CN)(NC2CCCC2CO)CC1. The van der Waals surface area contributed by atoms with E-state index in [2.05, 4.69) is 19.2 Å². The van der Waals surface area contributed by atoms with E-state index in [1.807, 2.05) is 0 Å². The van der Waals surface area contributed by atoms with Gasteiger partial charge in [0.05, 0.1) is 0 Å². The van der Waals surface area contributed by atoms with Crippen molar-refractivity contribution in [3.05, 3.63) is 0 Å². The van der Waals surface area contributed by atoms with Crippen molar-refractivity contribution in [3.8, 4) is 0 Å². The lowest BCUT2D eigenvalue weighted by Gasteiger charge is -2.38. The zero-order valence-corrected chi connectivity index (χ0v) is 12.8. The smallest absolute Gasteiger partial charge is 0.0474 e. The molecule has 3 unspecified atom stereocenters. The average molecular weight is 268 g/mol. The highest BCUT2D eigenvalue weighted by atomic mass is 16.3. The minimum Gasteiger partial charge on any atom is -0.396 e. The second-order valence-electron chi connectivity index (χ2n) is 7.63. The molecule has 0 radical (unpaired) electrons. The highest BCUT2D eigenvalue weighted by molar-refractivity contribution is 4.98. The summed E-state index contributed by atoms with van der Waals surface area (Å²) in [6, 6.07) is 0.481. The zero-order valence-electron chi connectivity index (χ0n) is 12.8. The van der Waals surface area contributed by atoms with Crippen molar-refractivity contribution in [2.45, 2.75) is 76.8 Å². The number of hydrogen-bond donors (Lipinski definition) is 3. The van der Waals surface area contributed by atoms with Crippen LogP contribution in [0.15, 0.2) is 0 Å². The molecule has 2 rings (SSSR count). The Balaban J connectivity index is 2.01. The Kier molecular flexibility index (Phi) is 4.91. The van der Waals surface area contributed by atoms with Gasteiger partial charge in [-0.1, -0.05) is 26.7 Å². The third kappa shape index (κ3) is 3.71. The molecule has 2 saturated carbocycles. The summed E-state index contributed by atoms with van der Waals surface area (Å²) in [5.74, 6) is 0.444. The van der Waals surface area contributed by atoms with Crippen molar-refractivity contribution < 1.29 is 5.11 Å². The second-order valence-corrected chi connectivity index (χ2v) is 7.63. The molecule has 3 atom stereocenters. The largest absolute Gasteiger partial charge is 0.396 e. The molecular weight excluding hydrogens is 236 g/mol. The lowest BCUT2D eigenvalue weighted by atomic mass is 9.83. The van der Waals surface area contributed by atoms with Crippen LogP contribution in [0, 0.1) is 11.3 Å². The van der Waals surface area contributed by atoms with E-state index in [0.717, 1.165) is 6.54 Å². The van der Waals surface area contributed by atoms with E-state index in [-0.39, 0.29) is 5.54 Å². The highest BCUT2D eigenvalue weighted by Gasteiger charge is 2.38. The highest BCUT2D eigenvalue weighted by Crippen LogP contribution is 2.39. The van der Waals surface area contributed by atoms with Crippen LogP contribution < -0.4 is 11.1 Å². The summed E-state index contributed by atoms with van der Waals surface area (Å²) >= 11 is 0. The Labute approximate surface area is 118 Å². The molecule has 19 heavy (non-hydrogen) atoms. The van der Waals surface area contributed by atoms with Gasteiger partial charge in [-0.2, -0.15) is 0 Å². The van der Waals surface area contributed by atoms with Crippen LogP contribution in [-0.4, -0.2) is 29.8 Å². The predicted molar refractivity (Wildman–Crippen MR) is 80.0 cm³/mol. The molecule has 0 spiro atoms. The van der Waals surface area contributed by atoms with Gasteiger partial charge < -0.3 is 16.2 Å². The Morgan fingerprint density at radius 3 is 2.58 bits per heavy atom. The first-order chi connectivity index (χ1) is 9.00. The topological polar surface area (TPSA) is 58.3 Å². The molecule has 3 nitrogen and oxygen atoms in total. The summed E-state index contributed by atoms with van der Waals surface area (Å²) in [7, 11) is 0. The van der Waals surface area contributed by atoms with Gasteiger partial charge in [0.2, 0.25) is 0 Å². The molecule has 112 valence electrons. The van der Waals surface area contributed by atoms with Gasteiger partial charge >= 0.3 is 0 Å². The maximum absolute atomic E-state index is 9.49. The normalized spacial score (nSPS) is 39.2. The number of aliphatic hydroxyl groups excluding tert-OH is 1. The molecule has 3 heteroatoms. The fraction of sp³-hybridized carbons (Fsp3) is 1.00. The van der Waals surface area contributed by atoms with Crippen molar-refractivity contribution in [3.63, 3.8) is 0 Å². The average Bonchev–Trinajstić information content (AvgIpc) is 2.76. The van der Waals surface area contributed by atoms with Crippen LogP contribution >= 0.6 is 0 Å². The number of nitrogens with two attached hydrogens (primary N) is 1. The van der Waals surface area contributed by atoms with Crippen molar-refractivity contribution >= 4 is 0 Å². The molecular formula is C16H32N2O. The minimum absolute atomic E-state index is 0.121. The monoisotopic (exact) mass is 268 g/mol. The van der Waals surface area contributed by atoms with Crippen LogP contribution in [0.1, 0.15) is 65.2 Å². The van der Waals surface area contributed by atoms with Gasteiger partial charge in [-0.05, 0) is 49.9 Å². The van der Waals surface area contributed by atoms with E-state index < -0.39 is 0 Å². The number of nitrogens with one attached hydrogen (secondary N) is 1. The zero-order chi connectivity index (χ0) is 13.9. The number of aliphatic hydroxyl groups is 1. The van der Waals surface area contributed by atoms with Crippen molar-refractivity contribution in [2.24, 2.45) is 17.1 Å². The van der Waals surface area contributed by atoms with Crippen LogP contribution in [0.5, 0.6) is 0 Å². The standard InChI is InChI=1S/C16H32N2O/c1-15(2)7-4-8-16(12-17,10-9-15)18-14-6-3-5-13(14)11-19/h13-14,18-19H,3-12,17H2,1-2H3. The van der Waals surface area contributed by atoms with Crippen LogP contribution in [0.25, 0.3) is 0 Å². The van der Waals surface area contributed by atoms with E-state index >= 15 is 0 Å². The first kappa shape index (κ1) is 15.3. The summed E-state index contributed by atoms with van der Waals surface area (Å²) in [6.07, 6.45) is 9.84. The van der Waals surface area contributed by atoms with Crippen LogP contribution in [0.2, 0.25) is 0 Å². The Morgan fingerprint density at radius 2 is 1.89 bits per heavy atom. The van der Waals surface area contributed by atoms with Gasteiger partial charge in [0.1, 0.15) is 0 Å². The Morgan fingerprint density at radius 1 is 1.11 bits per heavy atom. The second kappa shape index (κ2) is 6.11. The molecule has 0 amide bonds. The maximum atomic E-state index is 9.49. The third-order valence-electron chi connectivity index (χ3n) is 5.57. The van der Waals surface area contributed by atoms with Gasteiger partial charge in [0.25, 0.3) is 0 Å². The quantitative estimate of drug-likeness (QED) is 0.686. The molecule has 2 fully saturated rings. The first-order valence-corrected chi connectivity index (χ1v) is 8.09. The molecule has 0 aromatic carbocycles. The lowest BCUT2D eigenvalue weighted by Crippen LogP contribution is -2.56. The third-order valence-corrected chi connectivity index (χ3v) is 5.57. The number of hydrogen-bond acceptors (Lipinski definition) is 3. The molecule has 0 heterocycles. The minimum atomic E-state index is 0.121. The van der Waals surface area contributed by atoms with Crippen molar-refractivity contribution in [1.82, 2.24) is 5.32 Å². The van der Waals surface area contributed by atoms with Gasteiger partial charge in [0.15, 0.2) is 0 Å². The summed E-state index contributed by atoms with van der Waals surface area (Å²) < 4.78 is 0. The van der Waals surface area contributed by atoms with Gasteiger partial charge in [-0.25, -0.2) is 0 Å². The van der Waals surface area contributed by atoms with Crippen LogP contribution in [0.3, 0.4) is 0 Å². The molecule has 4 N–H and O–H groups in total. The van der Waals surface area contributed by atoms with Gasteiger partial charge in [0, 0.05) is 24.7 Å². The van der Waals surface area contributed by atoms with Gasteiger partial charge in [-0.3, -0.25) is 0 Å². The van der Waals surface area contributed by atoms with E-state index in [9.17, 15) is 5.11 Å².